The minimum Gasteiger partial charge on any atom is -0.479 e. The molecule has 0 aliphatic carbocycles. The Balaban J connectivity index is 2.18. The van der Waals surface area contributed by atoms with Crippen LogP contribution in [0.1, 0.15) is 6.92 Å². The first-order valence-corrected chi connectivity index (χ1v) is 7.68. The summed E-state index contributed by atoms with van der Waals surface area (Å²) in [5.41, 5.74) is 0.344. The number of nitrogens with one attached hydrogen (secondary N) is 1. The molecular weight excluding hydrogens is 292 g/mol. The van der Waals surface area contributed by atoms with Crippen molar-refractivity contribution in [3.63, 3.8) is 0 Å². The van der Waals surface area contributed by atoms with E-state index in [9.17, 15) is 8.42 Å². The topological polar surface area (TPSA) is 97.0 Å². The number of aryl methyl sites for hydroxylation is 1. The maximum atomic E-state index is 12.2. The summed E-state index contributed by atoms with van der Waals surface area (Å²) in [6, 6.07) is 8.22. The minimum atomic E-state index is -3.74. The van der Waals surface area contributed by atoms with Crippen molar-refractivity contribution in [2.75, 3.05) is 11.3 Å². The number of rotatable bonds is 6. The number of ether oxygens (including phenoxy) is 1. The van der Waals surface area contributed by atoms with Crippen LogP contribution in [0.15, 0.2) is 41.8 Å². The lowest BCUT2D eigenvalue weighted by Crippen LogP contribution is -2.13. The van der Waals surface area contributed by atoms with Crippen LogP contribution in [0.5, 0.6) is 5.75 Å². The van der Waals surface area contributed by atoms with Crippen molar-refractivity contribution in [2.45, 2.75) is 18.5 Å². The fraction of sp³-hybridized carbons (Fsp3) is 0.231. The Hall–Kier alpha value is -2.53. The largest absolute Gasteiger partial charge is 0.479 e. The van der Waals surface area contributed by atoms with Crippen LogP contribution in [0.4, 0.5) is 5.69 Å². The standard InChI is InChI=1S/C13H14N4O3S/c1-2-17-9-13(15-10-17)21(18,19)16-11-4-3-5-12(8-11)20-7-6-14/h3-5,8-10,16H,2,7H2,1H3. The molecule has 0 atom stereocenters. The SMILES string of the molecule is CCn1cnc(S(=O)(=O)Nc2cccc(OCC#N)c2)c1. The molecule has 1 aromatic heterocycles. The summed E-state index contributed by atoms with van der Waals surface area (Å²) < 4.78 is 33.6. The van der Waals surface area contributed by atoms with Gasteiger partial charge in [-0.1, -0.05) is 6.07 Å². The van der Waals surface area contributed by atoms with Gasteiger partial charge in [-0.05, 0) is 19.1 Å². The van der Waals surface area contributed by atoms with E-state index in [2.05, 4.69) is 9.71 Å². The maximum absolute atomic E-state index is 12.2. The number of benzene rings is 1. The summed E-state index contributed by atoms with van der Waals surface area (Å²) in [7, 11) is -3.74. The Morgan fingerprint density at radius 2 is 2.29 bits per heavy atom. The summed E-state index contributed by atoms with van der Waals surface area (Å²) >= 11 is 0. The third-order valence-corrected chi connectivity index (χ3v) is 3.91. The lowest BCUT2D eigenvalue weighted by Gasteiger charge is -2.07. The quantitative estimate of drug-likeness (QED) is 0.874. The van der Waals surface area contributed by atoms with E-state index >= 15 is 0 Å². The van der Waals surface area contributed by atoms with E-state index in [-0.39, 0.29) is 11.6 Å². The molecule has 21 heavy (non-hydrogen) atoms. The molecule has 0 aliphatic rings. The van der Waals surface area contributed by atoms with Crippen molar-refractivity contribution in [3.8, 4) is 11.8 Å². The molecule has 1 heterocycles. The van der Waals surface area contributed by atoms with Crippen LogP contribution >= 0.6 is 0 Å². The predicted octanol–water partition coefficient (Wildman–Crippen LogP) is 1.61. The molecule has 1 N–H and O–H groups in total. The van der Waals surface area contributed by atoms with Crippen LogP contribution in [0.25, 0.3) is 0 Å². The van der Waals surface area contributed by atoms with E-state index in [0.29, 0.717) is 18.0 Å². The van der Waals surface area contributed by atoms with Crippen molar-refractivity contribution in [1.82, 2.24) is 9.55 Å². The second kappa shape index (κ2) is 6.28. The summed E-state index contributed by atoms with van der Waals surface area (Å²) in [5.74, 6) is 0.413. The number of hydrogen-bond donors (Lipinski definition) is 1. The second-order valence-corrected chi connectivity index (χ2v) is 5.75. The molecule has 0 amide bonds. The molecule has 2 aromatic rings. The molecule has 0 saturated heterocycles. The van der Waals surface area contributed by atoms with Crippen molar-refractivity contribution in [1.29, 1.82) is 5.26 Å². The molecule has 8 heteroatoms. The van der Waals surface area contributed by atoms with Crippen molar-refractivity contribution >= 4 is 15.7 Å². The average Bonchev–Trinajstić information content (AvgIpc) is 2.95. The van der Waals surface area contributed by atoms with Gasteiger partial charge in [-0.2, -0.15) is 13.7 Å². The summed E-state index contributed by atoms with van der Waals surface area (Å²) in [4.78, 5) is 3.87. The first-order valence-electron chi connectivity index (χ1n) is 6.19. The monoisotopic (exact) mass is 306 g/mol. The van der Waals surface area contributed by atoms with Crippen molar-refractivity contribution in [2.24, 2.45) is 0 Å². The van der Waals surface area contributed by atoms with Gasteiger partial charge < -0.3 is 9.30 Å². The fourth-order valence-corrected chi connectivity index (χ4v) is 2.63. The zero-order chi connectivity index (χ0) is 15.3. The highest BCUT2D eigenvalue weighted by Crippen LogP contribution is 2.20. The lowest BCUT2D eigenvalue weighted by atomic mass is 10.3. The lowest BCUT2D eigenvalue weighted by molar-refractivity contribution is 0.368. The number of aromatic nitrogens is 2. The van der Waals surface area contributed by atoms with Gasteiger partial charge in [0.25, 0.3) is 10.0 Å². The van der Waals surface area contributed by atoms with E-state index in [0.717, 1.165) is 0 Å². The number of imidazole rings is 1. The van der Waals surface area contributed by atoms with Crippen molar-refractivity contribution < 1.29 is 13.2 Å². The summed E-state index contributed by atoms with van der Waals surface area (Å²) in [6.07, 6.45) is 2.92. The third kappa shape index (κ3) is 3.73. The van der Waals surface area contributed by atoms with Crippen LogP contribution in [0.3, 0.4) is 0 Å². The second-order valence-electron chi connectivity index (χ2n) is 4.12. The molecule has 0 aliphatic heterocycles. The molecule has 0 fully saturated rings. The average molecular weight is 306 g/mol. The first kappa shape index (κ1) is 14.9. The van der Waals surface area contributed by atoms with Gasteiger partial charge in [0.2, 0.25) is 0 Å². The molecule has 7 nitrogen and oxygen atoms in total. The van der Waals surface area contributed by atoms with Gasteiger partial charge in [-0.15, -0.1) is 0 Å². The van der Waals surface area contributed by atoms with Gasteiger partial charge in [0.1, 0.15) is 11.8 Å². The summed E-state index contributed by atoms with van der Waals surface area (Å²) in [5, 5.41) is 8.41. The number of sulfonamides is 1. The van der Waals surface area contributed by atoms with Crippen LogP contribution in [0.2, 0.25) is 0 Å². The normalized spacial score (nSPS) is 10.9. The smallest absolute Gasteiger partial charge is 0.280 e. The Bertz CT molecular complexity index is 762. The van der Waals surface area contributed by atoms with Gasteiger partial charge >= 0.3 is 0 Å². The van der Waals surface area contributed by atoms with Crippen molar-refractivity contribution in [3.05, 3.63) is 36.8 Å². The number of anilines is 1. The molecule has 0 bridgehead atoms. The number of hydrogen-bond acceptors (Lipinski definition) is 5. The van der Waals surface area contributed by atoms with E-state index in [4.69, 9.17) is 10.00 Å². The Morgan fingerprint density at radius 3 is 2.95 bits per heavy atom. The molecular formula is C13H14N4O3S. The molecule has 0 unspecified atom stereocenters. The maximum Gasteiger partial charge on any atom is 0.280 e. The number of nitriles is 1. The van der Waals surface area contributed by atoms with Gasteiger partial charge in [0, 0.05) is 18.8 Å². The van der Waals surface area contributed by atoms with Crippen LogP contribution in [0, 0.1) is 11.3 Å². The first-order chi connectivity index (χ1) is 10.0. The number of nitrogens with zero attached hydrogens (tertiary/aromatic N) is 3. The third-order valence-electron chi connectivity index (χ3n) is 2.64. The van der Waals surface area contributed by atoms with Gasteiger partial charge in [-0.3, -0.25) is 4.72 Å². The van der Waals surface area contributed by atoms with E-state index in [1.165, 1.54) is 18.6 Å². The van der Waals surface area contributed by atoms with Crippen LogP contribution in [-0.4, -0.2) is 24.6 Å². The molecule has 1 aromatic carbocycles. The van der Waals surface area contributed by atoms with Crippen LogP contribution in [-0.2, 0) is 16.6 Å². The molecule has 0 radical (unpaired) electrons. The molecule has 0 saturated carbocycles. The zero-order valence-corrected chi connectivity index (χ0v) is 12.2. The van der Waals surface area contributed by atoms with E-state index < -0.39 is 10.0 Å². The predicted molar refractivity (Wildman–Crippen MR) is 76.3 cm³/mol. The molecule has 0 spiro atoms. The van der Waals surface area contributed by atoms with Gasteiger partial charge in [0.15, 0.2) is 11.6 Å². The minimum absolute atomic E-state index is 0.0484. The highest BCUT2D eigenvalue weighted by molar-refractivity contribution is 7.92. The van der Waals surface area contributed by atoms with Gasteiger partial charge in [0.05, 0.1) is 12.0 Å². The Kier molecular flexibility index (Phi) is 4.45. The fourth-order valence-electron chi connectivity index (χ4n) is 1.62. The molecule has 2 rings (SSSR count). The highest BCUT2D eigenvalue weighted by atomic mass is 32.2. The van der Waals surface area contributed by atoms with Crippen LogP contribution < -0.4 is 9.46 Å². The van der Waals surface area contributed by atoms with Gasteiger partial charge in [-0.25, -0.2) is 4.98 Å². The highest BCUT2D eigenvalue weighted by Gasteiger charge is 2.17. The zero-order valence-electron chi connectivity index (χ0n) is 11.4. The Labute approximate surface area is 122 Å². The van der Waals surface area contributed by atoms with E-state index in [1.807, 2.05) is 13.0 Å². The Morgan fingerprint density at radius 1 is 1.48 bits per heavy atom. The molecule has 110 valence electrons. The summed E-state index contributed by atoms with van der Waals surface area (Å²) in [6.45, 7) is 2.43. The van der Waals surface area contributed by atoms with E-state index in [1.54, 1.807) is 22.8 Å².